The molecule has 0 saturated carbocycles. The van der Waals surface area contributed by atoms with Crippen molar-refractivity contribution in [2.45, 2.75) is 134 Å². The lowest BCUT2D eigenvalue weighted by Gasteiger charge is -2.44. The zero-order chi connectivity index (χ0) is 53.0. The topological polar surface area (TPSA) is 263 Å². The highest BCUT2D eigenvalue weighted by Crippen LogP contribution is 2.36. The van der Waals surface area contributed by atoms with E-state index in [1.807, 2.05) is 6.92 Å². The Balaban J connectivity index is 0.968. The molecule has 1 amide bonds. The molecule has 9 atom stereocenters. The van der Waals surface area contributed by atoms with E-state index < -0.39 is 103 Å². The molecule has 0 radical (unpaired) electrons. The quantitative estimate of drug-likeness (QED) is 0.0359. The van der Waals surface area contributed by atoms with Crippen LogP contribution in [0.25, 0.3) is 0 Å². The molecule has 4 aromatic rings. The van der Waals surface area contributed by atoms with Crippen molar-refractivity contribution in [1.82, 2.24) is 14.9 Å². The first-order valence-electron chi connectivity index (χ1n) is 25.0. The summed E-state index contributed by atoms with van der Waals surface area (Å²) in [6.45, 7) is 5.55. The maximum Gasteiger partial charge on any atom is 0.338 e. The first kappa shape index (κ1) is 56.3. The number of aliphatic carboxylic acids is 1. The molecule has 398 valence electrons. The lowest BCUT2D eigenvalue weighted by atomic mass is 9.91. The molecule has 2 aliphatic rings. The summed E-state index contributed by atoms with van der Waals surface area (Å²) in [5.41, 5.74) is -0.180. The maximum atomic E-state index is 13.5. The summed E-state index contributed by atoms with van der Waals surface area (Å²) in [4.78, 5) is 104. The number of carbonyl (C=O) groups excluding carboxylic acids is 5. The van der Waals surface area contributed by atoms with Gasteiger partial charge in [-0.3, -0.25) is 28.7 Å². The van der Waals surface area contributed by atoms with E-state index in [1.54, 1.807) is 97.9 Å². The Morgan fingerprint density at radius 2 is 1.22 bits per heavy atom. The van der Waals surface area contributed by atoms with Crippen LogP contribution in [0.3, 0.4) is 0 Å². The highest BCUT2D eigenvalue weighted by atomic mass is 16.7. The number of nitrogens with one attached hydrogen (secondary N) is 2. The average Bonchev–Trinajstić information content (AvgIpc) is 3.74. The van der Waals surface area contributed by atoms with Crippen LogP contribution < -0.4 is 16.6 Å². The third kappa shape index (κ3) is 16.2. The molecule has 3 N–H and O–H groups in total. The number of aromatic amines is 1. The summed E-state index contributed by atoms with van der Waals surface area (Å²) >= 11 is 0. The first-order valence-corrected chi connectivity index (χ1v) is 25.0. The van der Waals surface area contributed by atoms with Crippen LogP contribution in [0.5, 0.6) is 0 Å². The molecular formula is C54H65N3O17. The lowest BCUT2D eigenvalue weighted by molar-refractivity contribution is -0.281. The van der Waals surface area contributed by atoms with E-state index in [0.717, 1.165) is 12.8 Å². The number of unbranched alkanes of at least 4 members (excludes halogenated alkanes) is 4. The van der Waals surface area contributed by atoms with Crippen LogP contribution in [0.1, 0.15) is 121 Å². The maximum absolute atomic E-state index is 13.5. The molecule has 1 unspecified atom stereocenters. The van der Waals surface area contributed by atoms with Gasteiger partial charge in [0.25, 0.3) is 5.56 Å². The summed E-state index contributed by atoms with van der Waals surface area (Å²) in [7, 11) is 0. The van der Waals surface area contributed by atoms with Crippen LogP contribution in [0, 0.1) is 12.8 Å². The summed E-state index contributed by atoms with van der Waals surface area (Å²) in [5.74, 6) is -4.70. The number of H-pyrrole nitrogens is 1. The second-order valence-corrected chi connectivity index (χ2v) is 18.1. The summed E-state index contributed by atoms with van der Waals surface area (Å²) in [6, 6.07) is 25.0. The van der Waals surface area contributed by atoms with Gasteiger partial charge in [0.05, 0.1) is 35.6 Å². The average molecular weight is 1030 g/mol. The van der Waals surface area contributed by atoms with Crippen LogP contribution in [-0.4, -0.2) is 120 Å². The number of carboxylic acids is 1. The van der Waals surface area contributed by atoms with E-state index in [2.05, 4.69) is 10.3 Å². The molecule has 0 aliphatic carbocycles. The number of ether oxygens (including phenoxy) is 8. The van der Waals surface area contributed by atoms with Gasteiger partial charge in [0, 0.05) is 43.9 Å². The summed E-state index contributed by atoms with van der Waals surface area (Å²) in [5, 5.41) is 12.0. The van der Waals surface area contributed by atoms with Crippen molar-refractivity contribution in [1.29, 1.82) is 0 Å². The van der Waals surface area contributed by atoms with E-state index in [4.69, 9.17) is 43.0 Å². The van der Waals surface area contributed by atoms with Crippen molar-refractivity contribution in [2.75, 3.05) is 26.4 Å². The molecule has 2 saturated heterocycles. The summed E-state index contributed by atoms with van der Waals surface area (Å²) < 4.78 is 49.6. The molecule has 20 nitrogen and oxygen atoms in total. The normalized spacial score (nSPS) is 22.3. The highest BCUT2D eigenvalue weighted by molar-refractivity contribution is 5.91. The SMILES string of the molecule is CC[C@H]1O[C@@H](n2cc(C)c(=O)[nH]c2=O)C(OCCCCCCNC(=O)CCCCO[C@@H]2O[C@H](COC(=O)c3ccccc3)[C@H](OC(=O)c3ccccc3)[C@H](OC(=O)c3ccccc3)[C@H]2C)[C@H]1OC(=O)CCC(=O)O. The van der Waals surface area contributed by atoms with Gasteiger partial charge in [-0.05, 0) is 75.4 Å². The van der Waals surface area contributed by atoms with Gasteiger partial charge in [-0.2, -0.15) is 0 Å². The minimum Gasteiger partial charge on any atom is -0.481 e. The number of carbonyl (C=O) groups is 6. The van der Waals surface area contributed by atoms with Gasteiger partial charge in [0.2, 0.25) is 5.91 Å². The Morgan fingerprint density at radius 1 is 0.649 bits per heavy atom. The largest absolute Gasteiger partial charge is 0.481 e. The van der Waals surface area contributed by atoms with Crippen LogP contribution in [0.2, 0.25) is 0 Å². The van der Waals surface area contributed by atoms with Gasteiger partial charge >= 0.3 is 35.5 Å². The molecule has 6 rings (SSSR count). The minimum absolute atomic E-state index is 0.138. The number of carboxylic acid groups (broad SMARTS) is 1. The van der Waals surface area contributed by atoms with Crippen LogP contribution in [0.4, 0.5) is 0 Å². The van der Waals surface area contributed by atoms with Gasteiger partial charge in [-0.25, -0.2) is 19.2 Å². The predicted molar refractivity (Wildman–Crippen MR) is 264 cm³/mol. The number of amides is 1. The van der Waals surface area contributed by atoms with Crippen LogP contribution in [-0.2, 0) is 52.3 Å². The van der Waals surface area contributed by atoms with Gasteiger partial charge < -0.3 is 48.3 Å². The van der Waals surface area contributed by atoms with E-state index in [-0.39, 0.29) is 55.3 Å². The Kier molecular flexibility index (Phi) is 21.6. The molecule has 0 spiro atoms. The van der Waals surface area contributed by atoms with Gasteiger partial charge in [-0.1, -0.05) is 81.3 Å². The molecular weight excluding hydrogens is 963 g/mol. The van der Waals surface area contributed by atoms with E-state index in [1.165, 1.54) is 17.7 Å². The number of rotatable bonds is 27. The number of aromatic nitrogens is 2. The number of nitrogens with zero attached hydrogens (tertiary/aromatic N) is 1. The Morgan fingerprint density at radius 3 is 1.84 bits per heavy atom. The van der Waals surface area contributed by atoms with Crippen molar-refractivity contribution in [3.63, 3.8) is 0 Å². The van der Waals surface area contributed by atoms with Crippen molar-refractivity contribution < 1.29 is 71.8 Å². The van der Waals surface area contributed by atoms with Crippen molar-refractivity contribution in [2.24, 2.45) is 5.92 Å². The number of hydrogen-bond acceptors (Lipinski definition) is 16. The van der Waals surface area contributed by atoms with E-state index >= 15 is 0 Å². The second-order valence-electron chi connectivity index (χ2n) is 18.1. The zero-order valence-electron chi connectivity index (χ0n) is 41.8. The molecule has 20 heteroatoms. The molecule has 2 fully saturated rings. The van der Waals surface area contributed by atoms with Crippen molar-refractivity contribution >= 4 is 35.8 Å². The zero-order valence-corrected chi connectivity index (χ0v) is 41.8. The minimum atomic E-state index is -1.21. The molecule has 0 bridgehead atoms. The Hall–Kier alpha value is -7.00. The standard InChI is InChI=1S/C54H65N3O17/c1-4-39-45(72-43(61)28-27-42(59)60)47(49(70-39)57-32-34(2)48(62)56-54(57)66)67-30-18-6-5-17-29-55-41(58)26-16-19-31-68-53-35(3)44(73-51(64)37-22-12-8-13-23-37)46(74-52(65)38-24-14-9-15-25-38)40(71-53)33-69-50(63)36-20-10-7-11-21-36/h7-15,20-25,32,35,39-40,44-47,49,53H,4-6,16-19,26-31,33H2,1-3H3,(H,55,58)(H,59,60)(H,56,62,66)/t35-,39-,40-,44-,45+,46+,47?,49-,53-/m1/s1. The van der Waals surface area contributed by atoms with Gasteiger partial charge in [0.15, 0.2) is 24.7 Å². The number of esters is 4. The van der Waals surface area contributed by atoms with Crippen LogP contribution >= 0.6 is 0 Å². The van der Waals surface area contributed by atoms with E-state index in [9.17, 15) is 38.4 Å². The summed E-state index contributed by atoms with van der Waals surface area (Å²) in [6.07, 6.45) is -3.05. The van der Waals surface area contributed by atoms with Crippen molar-refractivity contribution in [3.8, 4) is 0 Å². The molecule has 3 heterocycles. The van der Waals surface area contributed by atoms with E-state index in [0.29, 0.717) is 44.2 Å². The molecule has 3 aromatic carbocycles. The van der Waals surface area contributed by atoms with Gasteiger partial charge in [0.1, 0.15) is 24.9 Å². The Bertz CT molecular complexity index is 2590. The third-order valence-corrected chi connectivity index (χ3v) is 12.5. The number of hydrogen-bond donors (Lipinski definition) is 3. The Labute approximate surface area is 427 Å². The smallest absolute Gasteiger partial charge is 0.338 e. The fourth-order valence-corrected chi connectivity index (χ4v) is 8.51. The fourth-order valence-electron chi connectivity index (χ4n) is 8.51. The predicted octanol–water partition coefficient (Wildman–Crippen LogP) is 5.85. The first-order chi connectivity index (χ1) is 35.7. The van der Waals surface area contributed by atoms with Crippen LogP contribution in [0.15, 0.2) is 107 Å². The van der Waals surface area contributed by atoms with Crippen molar-refractivity contribution in [3.05, 3.63) is 140 Å². The lowest BCUT2D eigenvalue weighted by Crippen LogP contribution is -2.58. The number of benzene rings is 3. The fraction of sp³-hybridized carbons (Fsp3) is 0.481. The monoisotopic (exact) mass is 1030 g/mol. The molecule has 1 aromatic heterocycles. The molecule has 74 heavy (non-hydrogen) atoms. The number of aryl methyl sites for hydroxylation is 1. The van der Waals surface area contributed by atoms with Gasteiger partial charge in [-0.15, -0.1) is 0 Å². The second kappa shape index (κ2) is 28.5. The third-order valence-electron chi connectivity index (χ3n) is 12.5. The molecule has 2 aliphatic heterocycles. The highest BCUT2D eigenvalue weighted by Gasteiger charge is 2.50.